The van der Waals surface area contributed by atoms with E-state index < -0.39 is 36.9 Å². The Kier molecular flexibility index (Phi) is 3.94. The van der Waals surface area contributed by atoms with Gasteiger partial charge in [-0.1, -0.05) is 0 Å². The van der Waals surface area contributed by atoms with Crippen LogP contribution in [0.2, 0.25) is 0 Å². The van der Waals surface area contributed by atoms with E-state index in [4.69, 9.17) is 5.11 Å². The average molecular weight is 266 g/mol. The van der Waals surface area contributed by atoms with Gasteiger partial charge in [0.2, 0.25) is 5.76 Å². The molecule has 0 atom stereocenters. The first kappa shape index (κ1) is 14.0. The Labute approximate surface area is 99.0 Å². The highest BCUT2D eigenvalue weighted by atomic mass is 19.4. The second kappa shape index (κ2) is 5.07. The van der Waals surface area contributed by atoms with Crippen molar-refractivity contribution in [2.75, 3.05) is 13.1 Å². The third-order valence-corrected chi connectivity index (χ3v) is 1.92. The van der Waals surface area contributed by atoms with Gasteiger partial charge in [0.1, 0.15) is 13.1 Å². The lowest BCUT2D eigenvalue weighted by molar-refractivity contribution is -0.149. The minimum atomic E-state index is -4.70. The van der Waals surface area contributed by atoms with Crippen molar-refractivity contribution in [2.24, 2.45) is 0 Å². The number of carboxylic acid groups (broad SMARTS) is 1. The predicted octanol–water partition coefficient (Wildman–Crippen LogP) is 1.07. The summed E-state index contributed by atoms with van der Waals surface area (Å²) in [4.78, 5) is 25.8. The van der Waals surface area contributed by atoms with Crippen LogP contribution in [0.4, 0.5) is 13.2 Å². The van der Waals surface area contributed by atoms with E-state index in [0.717, 1.165) is 6.39 Å². The van der Waals surface area contributed by atoms with E-state index in [0.29, 0.717) is 0 Å². The molecule has 1 amide bonds. The molecule has 1 N–H and O–H groups in total. The highest BCUT2D eigenvalue weighted by molar-refractivity contribution is 5.94. The summed E-state index contributed by atoms with van der Waals surface area (Å²) in [5.41, 5.74) is 0.0950. The maximum Gasteiger partial charge on any atom is 0.406 e. The third-order valence-electron chi connectivity index (χ3n) is 1.92. The lowest BCUT2D eigenvalue weighted by Crippen LogP contribution is -2.42. The number of halogens is 3. The third kappa shape index (κ3) is 3.75. The first-order valence-electron chi connectivity index (χ1n) is 4.68. The number of aliphatic carboxylic acids is 1. The first-order chi connectivity index (χ1) is 8.20. The van der Waals surface area contributed by atoms with Gasteiger partial charge in [-0.05, 0) is 6.92 Å². The van der Waals surface area contributed by atoms with Crippen molar-refractivity contribution in [1.82, 2.24) is 9.88 Å². The van der Waals surface area contributed by atoms with Gasteiger partial charge in [0.15, 0.2) is 6.39 Å². The Morgan fingerprint density at radius 3 is 2.50 bits per heavy atom. The number of carboxylic acids is 1. The smallest absolute Gasteiger partial charge is 0.406 e. The van der Waals surface area contributed by atoms with E-state index in [1.807, 2.05) is 0 Å². The summed E-state index contributed by atoms with van der Waals surface area (Å²) in [6, 6.07) is 0. The van der Waals surface area contributed by atoms with Crippen molar-refractivity contribution < 1.29 is 32.3 Å². The van der Waals surface area contributed by atoms with E-state index in [-0.39, 0.29) is 10.6 Å². The molecular weight excluding hydrogens is 257 g/mol. The Morgan fingerprint density at radius 1 is 1.50 bits per heavy atom. The van der Waals surface area contributed by atoms with Gasteiger partial charge in [0.05, 0.1) is 5.69 Å². The Balaban J connectivity index is 2.93. The molecular formula is C9H9F3N2O4. The van der Waals surface area contributed by atoms with Crippen LogP contribution >= 0.6 is 0 Å². The van der Waals surface area contributed by atoms with Crippen molar-refractivity contribution in [3.63, 3.8) is 0 Å². The first-order valence-corrected chi connectivity index (χ1v) is 4.68. The monoisotopic (exact) mass is 266 g/mol. The zero-order valence-corrected chi connectivity index (χ0v) is 9.19. The fourth-order valence-corrected chi connectivity index (χ4v) is 1.23. The molecule has 0 aromatic carbocycles. The molecule has 1 aromatic heterocycles. The number of carbonyl (C=O) groups excluding carboxylic acids is 1. The number of alkyl halides is 3. The molecule has 0 spiro atoms. The lowest BCUT2D eigenvalue weighted by atomic mass is 10.3. The molecule has 0 fully saturated rings. The maximum atomic E-state index is 12.2. The van der Waals surface area contributed by atoms with Crippen molar-refractivity contribution in [1.29, 1.82) is 0 Å². The van der Waals surface area contributed by atoms with Crippen LogP contribution in [0.1, 0.15) is 16.2 Å². The van der Waals surface area contributed by atoms with Gasteiger partial charge in [-0.25, -0.2) is 4.98 Å². The Bertz CT molecular complexity index is 455. The number of aryl methyl sites for hydroxylation is 1. The van der Waals surface area contributed by atoms with Gasteiger partial charge in [0.25, 0.3) is 5.91 Å². The number of rotatable bonds is 4. The van der Waals surface area contributed by atoms with Crippen LogP contribution in [-0.2, 0) is 4.79 Å². The maximum absolute atomic E-state index is 12.2. The zero-order chi connectivity index (χ0) is 13.9. The molecule has 0 radical (unpaired) electrons. The van der Waals surface area contributed by atoms with E-state index in [2.05, 4.69) is 9.40 Å². The Morgan fingerprint density at radius 2 is 2.11 bits per heavy atom. The number of nitrogens with zero attached hydrogens (tertiary/aromatic N) is 2. The summed E-state index contributed by atoms with van der Waals surface area (Å²) in [7, 11) is 0. The number of hydrogen-bond donors (Lipinski definition) is 1. The van der Waals surface area contributed by atoms with E-state index in [1.165, 1.54) is 6.92 Å². The minimum absolute atomic E-state index is 0.0950. The van der Waals surface area contributed by atoms with Crippen molar-refractivity contribution in [2.45, 2.75) is 13.1 Å². The van der Waals surface area contributed by atoms with Crippen LogP contribution in [-0.4, -0.2) is 46.1 Å². The quantitative estimate of drug-likeness (QED) is 0.881. The minimum Gasteiger partial charge on any atom is -0.480 e. The predicted molar refractivity (Wildman–Crippen MR) is 50.8 cm³/mol. The molecule has 6 nitrogen and oxygen atoms in total. The summed E-state index contributed by atoms with van der Waals surface area (Å²) in [5, 5.41) is 8.49. The normalized spacial score (nSPS) is 11.3. The number of oxazole rings is 1. The number of amides is 1. The standard InChI is InChI=1S/C9H9F3N2O4/c1-5-7(18-4-13-5)8(17)14(2-6(15)16)3-9(10,11)12/h4H,2-3H2,1H3,(H,15,16). The van der Waals surface area contributed by atoms with Gasteiger partial charge in [-0.2, -0.15) is 13.2 Å². The molecule has 0 saturated heterocycles. The van der Waals surface area contributed by atoms with Crippen LogP contribution in [0.5, 0.6) is 0 Å². The molecule has 1 rings (SSSR count). The van der Waals surface area contributed by atoms with E-state index >= 15 is 0 Å². The Hall–Kier alpha value is -2.06. The topological polar surface area (TPSA) is 83.6 Å². The number of hydrogen-bond acceptors (Lipinski definition) is 4. The van der Waals surface area contributed by atoms with Crippen LogP contribution < -0.4 is 0 Å². The van der Waals surface area contributed by atoms with Crippen molar-refractivity contribution in [3.8, 4) is 0 Å². The van der Waals surface area contributed by atoms with Gasteiger partial charge >= 0.3 is 12.1 Å². The van der Waals surface area contributed by atoms with E-state index in [9.17, 15) is 22.8 Å². The van der Waals surface area contributed by atoms with Gasteiger partial charge in [-0.15, -0.1) is 0 Å². The fraction of sp³-hybridized carbons (Fsp3) is 0.444. The fourth-order valence-electron chi connectivity index (χ4n) is 1.23. The molecule has 0 aliphatic heterocycles. The number of carbonyl (C=O) groups is 2. The number of aromatic nitrogens is 1. The van der Waals surface area contributed by atoms with Gasteiger partial charge in [-0.3, -0.25) is 9.59 Å². The molecule has 18 heavy (non-hydrogen) atoms. The van der Waals surface area contributed by atoms with Gasteiger partial charge in [0, 0.05) is 0 Å². The molecule has 1 heterocycles. The van der Waals surface area contributed by atoms with Gasteiger partial charge < -0.3 is 14.4 Å². The summed E-state index contributed by atoms with van der Waals surface area (Å²) < 4.78 is 41.3. The summed E-state index contributed by atoms with van der Waals surface area (Å²) in [6.07, 6.45) is -3.80. The zero-order valence-electron chi connectivity index (χ0n) is 9.19. The second-order valence-electron chi connectivity index (χ2n) is 3.44. The molecule has 0 unspecified atom stereocenters. The van der Waals surface area contributed by atoms with Crippen LogP contribution in [0, 0.1) is 6.92 Å². The molecule has 100 valence electrons. The summed E-state index contributed by atoms with van der Waals surface area (Å²) >= 11 is 0. The molecule has 0 aliphatic rings. The summed E-state index contributed by atoms with van der Waals surface area (Å²) in [5.74, 6) is -3.12. The van der Waals surface area contributed by atoms with Crippen LogP contribution in [0.25, 0.3) is 0 Å². The largest absolute Gasteiger partial charge is 0.480 e. The van der Waals surface area contributed by atoms with E-state index in [1.54, 1.807) is 0 Å². The lowest BCUT2D eigenvalue weighted by Gasteiger charge is -2.20. The van der Waals surface area contributed by atoms with Crippen molar-refractivity contribution in [3.05, 3.63) is 17.8 Å². The average Bonchev–Trinajstić information content (AvgIpc) is 2.59. The molecule has 0 saturated carbocycles. The molecule has 0 bridgehead atoms. The van der Waals surface area contributed by atoms with Crippen LogP contribution in [0.3, 0.4) is 0 Å². The molecule has 9 heteroatoms. The highest BCUT2D eigenvalue weighted by Crippen LogP contribution is 2.18. The van der Waals surface area contributed by atoms with Crippen molar-refractivity contribution >= 4 is 11.9 Å². The molecule has 0 aliphatic carbocycles. The highest BCUT2D eigenvalue weighted by Gasteiger charge is 2.35. The summed E-state index contributed by atoms with van der Waals surface area (Å²) in [6.45, 7) is -1.37. The second-order valence-corrected chi connectivity index (χ2v) is 3.44. The van der Waals surface area contributed by atoms with Crippen LogP contribution in [0.15, 0.2) is 10.8 Å². The SMILES string of the molecule is Cc1ncoc1C(=O)N(CC(=O)O)CC(F)(F)F. The molecule has 1 aromatic rings.